The fraction of sp³-hybridized carbons (Fsp3) is 0.375. The molecule has 3 aromatic rings. The van der Waals surface area contributed by atoms with Crippen molar-refractivity contribution in [2.24, 2.45) is 0 Å². The number of rotatable bonds is 11. The zero-order valence-corrected chi connectivity index (χ0v) is 26.1. The van der Waals surface area contributed by atoms with Crippen LogP contribution in [0.5, 0.6) is 0 Å². The molecular formula is C32H35ClF3N3O4S. The molecule has 1 aliphatic carbocycles. The number of benzene rings is 3. The largest absolute Gasteiger partial charge is 0.416 e. The van der Waals surface area contributed by atoms with Crippen LogP contribution < -0.4 is 9.62 Å². The van der Waals surface area contributed by atoms with Gasteiger partial charge in [-0.3, -0.25) is 13.9 Å². The van der Waals surface area contributed by atoms with Crippen molar-refractivity contribution in [2.45, 2.75) is 75.7 Å². The third-order valence-electron chi connectivity index (χ3n) is 7.71. The Labute approximate surface area is 261 Å². The van der Waals surface area contributed by atoms with Crippen LogP contribution in [0.4, 0.5) is 18.9 Å². The Balaban J connectivity index is 1.78. The molecule has 7 nitrogen and oxygen atoms in total. The maximum atomic E-state index is 14.2. The lowest BCUT2D eigenvalue weighted by molar-refractivity contribution is -0.140. The molecule has 1 atom stereocenters. The molecule has 1 fully saturated rings. The third-order valence-corrected chi connectivity index (χ3v) is 9.81. The zero-order valence-electron chi connectivity index (χ0n) is 24.5. The van der Waals surface area contributed by atoms with Gasteiger partial charge in [-0.1, -0.05) is 79.4 Å². The maximum absolute atomic E-state index is 14.2. The summed E-state index contributed by atoms with van der Waals surface area (Å²) in [6, 6.07) is 15.7. The van der Waals surface area contributed by atoms with E-state index in [1.807, 2.05) is 19.1 Å². The molecule has 12 heteroatoms. The lowest BCUT2D eigenvalue weighted by Gasteiger charge is -2.34. The molecule has 236 valence electrons. The van der Waals surface area contributed by atoms with Gasteiger partial charge >= 0.3 is 6.18 Å². The lowest BCUT2D eigenvalue weighted by Crippen LogP contribution is -2.53. The molecule has 1 aliphatic rings. The van der Waals surface area contributed by atoms with E-state index >= 15 is 0 Å². The summed E-state index contributed by atoms with van der Waals surface area (Å²) in [6.45, 7) is 2.74. The smallest absolute Gasteiger partial charge is 0.352 e. The van der Waals surface area contributed by atoms with Gasteiger partial charge in [0.05, 0.1) is 21.2 Å². The summed E-state index contributed by atoms with van der Waals surface area (Å²) in [5, 5.41) is 2.73. The van der Waals surface area contributed by atoms with Gasteiger partial charge in [0.2, 0.25) is 11.8 Å². The zero-order chi connectivity index (χ0) is 32.1. The lowest BCUT2D eigenvalue weighted by atomic mass is 10.1. The highest BCUT2D eigenvalue weighted by Crippen LogP contribution is 2.37. The second kappa shape index (κ2) is 14.0. The Morgan fingerprint density at radius 1 is 1.00 bits per heavy atom. The SMILES string of the molecule is CC[C@H](C(=O)NC1CCCC1)N(Cc1ccc(C)cc1)C(=O)CN(c1cc(C(F)(F)F)ccc1Cl)S(=O)(=O)c1ccccc1. The van der Waals surface area contributed by atoms with E-state index in [1.54, 1.807) is 25.1 Å². The van der Waals surface area contributed by atoms with E-state index < -0.39 is 45.9 Å². The van der Waals surface area contributed by atoms with Crippen LogP contribution in [0.1, 0.15) is 55.7 Å². The van der Waals surface area contributed by atoms with Crippen molar-refractivity contribution in [3.05, 3.63) is 94.5 Å². The second-order valence-electron chi connectivity index (χ2n) is 10.9. The van der Waals surface area contributed by atoms with Crippen molar-refractivity contribution in [3.8, 4) is 0 Å². The quantitative estimate of drug-likeness (QED) is 0.250. The van der Waals surface area contributed by atoms with Gasteiger partial charge in [-0.2, -0.15) is 13.2 Å². The minimum Gasteiger partial charge on any atom is -0.352 e. The Hall–Kier alpha value is -3.57. The van der Waals surface area contributed by atoms with E-state index in [0.29, 0.717) is 15.9 Å². The molecule has 4 rings (SSSR count). The van der Waals surface area contributed by atoms with Crippen molar-refractivity contribution in [1.29, 1.82) is 0 Å². The molecule has 44 heavy (non-hydrogen) atoms. The Morgan fingerprint density at radius 2 is 1.64 bits per heavy atom. The molecule has 1 saturated carbocycles. The average Bonchev–Trinajstić information content (AvgIpc) is 3.50. The number of aryl methyl sites for hydroxylation is 1. The minimum atomic E-state index is -4.80. The van der Waals surface area contributed by atoms with Crippen LogP contribution in [-0.4, -0.2) is 43.8 Å². The summed E-state index contributed by atoms with van der Waals surface area (Å²) in [4.78, 5) is 28.8. The van der Waals surface area contributed by atoms with E-state index in [4.69, 9.17) is 11.6 Å². The van der Waals surface area contributed by atoms with Gasteiger partial charge in [-0.25, -0.2) is 8.42 Å². The number of nitrogens with one attached hydrogen (secondary N) is 1. The van der Waals surface area contributed by atoms with Crippen molar-refractivity contribution in [1.82, 2.24) is 10.2 Å². The predicted molar refractivity (Wildman–Crippen MR) is 164 cm³/mol. The van der Waals surface area contributed by atoms with Gasteiger partial charge in [0, 0.05) is 12.6 Å². The molecule has 0 spiro atoms. The van der Waals surface area contributed by atoms with Crippen LogP contribution in [0.25, 0.3) is 0 Å². The van der Waals surface area contributed by atoms with Crippen LogP contribution in [0.3, 0.4) is 0 Å². The first-order valence-corrected chi connectivity index (χ1v) is 16.2. The third kappa shape index (κ3) is 7.92. The molecule has 0 unspecified atom stereocenters. The normalized spacial score (nSPS) is 14.7. The molecule has 1 N–H and O–H groups in total. The highest BCUT2D eigenvalue weighted by atomic mass is 35.5. The molecule has 0 aromatic heterocycles. The fourth-order valence-electron chi connectivity index (χ4n) is 5.29. The molecule has 3 aromatic carbocycles. The van der Waals surface area contributed by atoms with Gasteiger partial charge < -0.3 is 10.2 Å². The van der Waals surface area contributed by atoms with Crippen LogP contribution >= 0.6 is 11.6 Å². The van der Waals surface area contributed by atoms with Gasteiger partial charge in [0.15, 0.2) is 0 Å². The van der Waals surface area contributed by atoms with Crippen molar-refractivity contribution in [2.75, 3.05) is 10.8 Å². The van der Waals surface area contributed by atoms with Crippen molar-refractivity contribution in [3.63, 3.8) is 0 Å². The maximum Gasteiger partial charge on any atom is 0.416 e. The number of nitrogens with zero attached hydrogens (tertiary/aromatic N) is 2. The number of carbonyl (C=O) groups is 2. The standard InChI is InChI=1S/C32H35ClF3N3O4S/c1-3-28(31(41)37-25-9-7-8-10-25)38(20-23-15-13-22(2)14-16-23)30(40)21-39(44(42,43)26-11-5-4-6-12-26)29-19-24(32(34,35)36)17-18-27(29)33/h4-6,11-19,25,28H,3,7-10,20-21H2,1-2H3,(H,37,41)/t28-/m1/s1. The molecular weight excluding hydrogens is 615 g/mol. The van der Waals surface area contributed by atoms with E-state index in [1.165, 1.54) is 29.2 Å². The summed E-state index contributed by atoms with van der Waals surface area (Å²) in [5.41, 5.74) is 0.0523. The highest BCUT2D eigenvalue weighted by Gasteiger charge is 2.37. The predicted octanol–water partition coefficient (Wildman–Crippen LogP) is 6.73. The first-order chi connectivity index (χ1) is 20.8. The number of sulfonamides is 1. The molecule has 0 heterocycles. The van der Waals surface area contributed by atoms with Crippen LogP contribution in [0.2, 0.25) is 5.02 Å². The van der Waals surface area contributed by atoms with E-state index in [2.05, 4.69) is 5.32 Å². The van der Waals surface area contributed by atoms with Crippen molar-refractivity contribution >= 4 is 39.1 Å². The Kier molecular flexibility index (Phi) is 10.6. The van der Waals surface area contributed by atoms with E-state index in [0.717, 1.165) is 43.4 Å². The highest BCUT2D eigenvalue weighted by molar-refractivity contribution is 7.92. The van der Waals surface area contributed by atoms with Gasteiger partial charge in [-0.15, -0.1) is 0 Å². The van der Waals surface area contributed by atoms with Crippen LogP contribution in [-0.2, 0) is 32.3 Å². The van der Waals surface area contributed by atoms with Crippen LogP contribution in [0.15, 0.2) is 77.7 Å². The summed E-state index contributed by atoms with van der Waals surface area (Å²) in [7, 11) is -4.58. The minimum absolute atomic E-state index is 0.0215. The Morgan fingerprint density at radius 3 is 2.23 bits per heavy atom. The average molecular weight is 650 g/mol. The van der Waals surface area contributed by atoms with Gasteiger partial charge in [0.25, 0.3) is 10.0 Å². The molecule has 0 radical (unpaired) electrons. The van der Waals surface area contributed by atoms with Gasteiger partial charge in [-0.05, 0) is 62.1 Å². The number of anilines is 1. The number of halogens is 4. The summed E-state index contributed by atoms with van der Waals surface area (Å²) >= 11 is 6.32. The van der Waals surface area contributed by atoms with E-state index in [-0.39, 0.29) is 34.8 Å². The van der Waals surface area contributed by atoms with Crippen molar-refractivity contribution < 1.29 is 31.2 Å². The summed E-state index contributed by atoms with van der Waals surface area (Å²) < 4.78 is 69.6. The number of hydrogen-bond acceptors (Lipinski definition) is 4. The fourth-order valence-corrected chi connectivity index (χ4v) is 7.01. The second-order valence-corrected chi connectivity index (χ2v) is 13.2. The number of alkyl halides is 3. The Bertz CT molecular complexity index is 1560. The molecule has 2 amide bonds. The van der Waals surface area contributed by atoms with Gasteiger partial charge in [0.1, 0.15) is 12.6 Å². The summed E-state index contributed by atoms with van der Waals surface area (Å²) in [5.74, 6) is -1.14. The monoisotopic (exact) mass is 649 g/mol. The number of amides is 2. The molecule has 0 aliphatic heterocycles. The topological polar surface area (TPSA) is 86.8 Å². The van der Waals surface area contributed by atoms with E-state index in [9.17, 15) is 31.2 Å². The molecule has 0 bridgehead atoms. The first-order valence-electron chi connectivity index (χ1n) is 14.4. The number of hydrogen-bond donors (Lipinski definition) is 1. The first kappa shape index (κ1) is 33.3. The molecule has 0 saturated heterocycles. The summed E-state index contributed by atoms with van der Waals surface area (Å²) in [6.07, 6.45) is -0.952. The van der Waals surface area contributed by atoms with Crippen LogP contribution in [0, 0.1) is 6.92 Å². The number of carbonyl (C=O) groups excluding carboxylic acids is 2.